The lowest BCUT2D eigenvalue weighted by atomic mass is 10.0. The van der Waals surface area contributed by atoms with E-state index in [0.29, 0.717) is 30.2 Å². The summed E-state index contributed by atoms with van der Waals surface area (Å²) in [5, 5.41) is 3.19. The van der Waals surface area contributed by atoms with E-state index in [4.69, 9.17) is 15.2 Å². The lowest BCUT2D eigenvalue weighted by Gasteiger charge is -2.23. The average Bonchev–Trinajstić information content (AvgIpc) is 2.85. The Morgan fingerprint density at radius 3 is 3.10 bits per heavy atom. The lowest BCUT2D eigenvalue weighted by Crippen LogP contribution is -2.32. The first-order valence-electron chi connectivity index (χ1n) is 6.84. The van der Waals surface area contributed by atoms with Gasteiger partial charge in [0.25, 0.3) is 0 Å². The van der Waals surface area contributed by atoms with E-state index in [1.807, 2.05) is 0 Å². The molecular weight excluding hydrogens is 258 g/mol. The number of hydrogen-bond acceptors (Lipinski definition) is 6. The molecule has 1 saturated heterocycles. The molecule has 0 saturated carbocycles. The molecule has 0 amide bonds. The summed E-state index contributed by atoms with van der Waals surface area (Å²) in [4.78, 5) is 15.9. The van der Waals surface area contributed by atoms with Gasteiger partial charge in [0, 0.05) is 13.2 Å². The molecule has 2 heterocycles. The van der Waals surface area contributed by atoms with Crippen molar-refractivity contribution < 1.29 is 14.3 Å². The van der Waals surface area contributed by atoms with Crippen LogP contribution >= 0.6 is 0 Å². The maximum atomic E-state index is 11.8. The van der Waals surface area contributed by atoms with Crippen LogP contribution in [0.1, 0.15) is 37.0 Å². The summed E-state index contributed by atoms with van der Waals surface area (Å²) in [6.07, 6.45) is 3.55. The van der Waals surface area contributed by atoms with Gasteiger partial charge < -0.3 is 20.5 Å². The van der Waals surface area contributed by atoms with Crippen LogP contribution in [0.3, 0.4) is 0 Å². The molecule has 1 fully saturated rings. The van der Waals surface area contributed by atoms with Gasteiger partial charge in [-0.3, -0.25) is 0 Å². The number of esters is 1. The number of carbonyl (C=O) groups excluding carboxylic acids is 1. The molecule has 0 aliphatic carbocycles. The Labute approximate surface area is 118 Å². The molecule has 0 radical (unpaired) electrons. The van der Waals surface area contributed by atoms with Crippen molar-refractivity contribution in [3.63, 3.8) is 0 Å². The number of ether oxygens (including phenoxy) is 2. The Kier molecular flexibility index (Phi) is 4.44. The van der Waals surface area contributed by atoms with Crippen LogP contribution in [0.4, 0.5) is 11.5 Å². The summed E-state index contributed by atoms with van der Waals surface area (Å²) in [6.45, 7) is 5.58. The Hall–Kier alpha value is -1.82. The molecule has 1 aromatic rings. The molecule has 110 valence electrons. The fraction of sp³-hybridized carbons (Fsp3) is 0.571. The number of anilines is 2. The fourth-order valence-electron chi connectivity index (χ4n) is 2.20. The normalized spacial score (nSPS) is 21.7. The van der Waals surface area contributed by atoms with E-state index in [1.165, 1.54) is 6.20 Å². The number of hydrogen-bond donors (Lipinski definition) is 2. The number of carbonyl (C=O) groups is 1. The Morgan fingerprint density at radius 1 is 1.65 bits per heavy atom. The summed E-state index contributed by atoms with van der Waals surface area (Å²) in [5.74, 6) is 0.165. The van der Waals surface area contributed by atoms with E-state index < -0.39 is 5.97 Å². The van der Waals surface area contributed by atoms with Crippen LogP contribution in [0.15, 0.2) is 12.3 Å². The zero-order valence-corrected chi connectivity index (χ0v) is 11.9. The van der Waals surface area contributed by atoms with E-state index >= 15 is 0 Å². The Bertz CT molecular complexity index is 485. The topological polar surface area (TPSA) is 86.5 Å². The van der Waals surface area contributed by atoms with E-state index in [-0.39, 0.29) is 5.60 Å². The number of rotatable bonds is 5. The van der Waals surface area contributed by atoms with Crippen molar-refractivity contribution in [2.75, 3.05) is 30.8 Å². The number of nitrogens with two attached hydrogens (primary N) is 1. The summed E-state index contributed by atoms with van der Waals surface area (Å²) < 4.78 is 10.7. The van der Waals surface area contributed by atoms with Crippen molar-refractivity contribution in [3.8, 4) is 0 Å². The zero-order valence-electron chi connectivity index (χ0n) is 11.9. The molecular formula is C14H21N3O3. The monoisotopic (exact) mass is 279 g/mol. The lowest BCUT2D eigenvalue weighted by molar-refractivity contribution is 0.0315. The maximum Gasteiger partial charge on any atom is 0.340 e. The van der Waals surface area contributed by atoms with Crippen LogP contribution in [0, 0.1) is 0 Å². The molecule has 6 nitrogen and oxygen atoms in total. The van der Waals surface area contributed by atoms with Gasteiger partial charge in [0.1, 0.15) is 5.82 Å². The molecule has 6 heteroatoms. The zero-order chi connectivity index (χ0) is 14.6. The highest BCUT2D eigenvalue weighted by atomic mass is 16.5. The third-order valence-corrected chi connectivity index (χ3v) is 3.37. The third kappa shape index (κ3) is 3.39. The molecule has 1 aromatic heterocycles. The van der Waals surface area contributed by atoms with Crippen molar-refractivity contribution >= 4 is 17.5 Å². The van der Waals surface area contributed by atoms with E-state index in [9.17, 15) is 4.79 Å². The standard InChI is InChI=1S/C14H21N3O3/c1-3-19-13(18)10-7-12(16-8-11(10)15)17-9-14(2)5-4-6-20-14/h7-8H,3-6,9,15H2,1-2H3,(H,16,17). The molecule has 1 unspecified atom stereocenters. The van der Waals surface area contributed by atoms with Gasteiger partial charge in [-0.2, -0.15) is 0 Å². The number of nitrogens with one attached hydrogen (secondary N) is 1. The second-order valence-electron chi connectivity index (χ2n) is 5.13. The molecule has 0 bridgehead atoms. The first-order chi connectivity index (χ1) is 9.54. The summed E-state index contributed by atoms with van der Waals surface area (Å²) >= 11 is 0. The number of nitrogen functional groups attached to an aromatic ring is 1. The number of pyridine rings is 1. The molecule has 2 rings (SSSR count). The van der Waals surface area contributed by atoms with Crippen LogP contribution in [0.2, 0.25) is 0 Å². The van der Waals surface area contributed by atoms with Gasteiger partial charge in [-0.05, 0) is 32.8 Å². The van der Waals surface area contributed by atoms with Crippen molar-refractivity contribution in [3.05, 3.63) is 17.8 Å². The van der Waals surface area contributed by atoms with Crippen molar-refractivity contribution in [2.45, 2.75) is 32.3 Å². The van der Waals surface area contributed by atoms with Gasteiger partial charge >= 0.3 is 5.97 Å². The fourth-order valence-corrected chi connectivity index (χ4v) is 2.20. The highest BCUT2D eigenvalue weighted by molar-refractivity contribution is 5.95. The summed E-state index contributed by atoms with van der Waals surface area (Å²) in [6, 6.07) is 1.62. The second kappa shape index (κ2) is 6.09. The average molecular weight is 279 g/mol. The minimum Gasteiger partial charge on any atom is -0.462 e. The Balaban J connectivity index is 2.05. The van der Waals surface area contributed by atoms with Crippen molar-refractivity contribution in [1.82, 2.24) is 4.98 Å². The molecule has 0 aromatic carbocycles. The first kappa shape index (κ1) is 14.6. The molecule has 1 aliphatic heterocycles. The predicted octanol–water partition coefficient (Wildman–Crippen LogP) is 1.82. The van der Waals surface area contributed by atoms with E-state index in [2.05, 4.69) is 17.2 Å². The SMILES string of the molecule is CCOC(=O)c1cc(NCC2(C)CCCO2)ncc1N. The minimum absolute atomic E-state index is 0.173. The molecule has 3 N–H and O–H groups in total. The molecule has 1 aliphatic rings. The highest BCUT2D eigenvalue weighted by Crippen LogP contribution is 2.25. The van der Waals surface area contributed by atoms with Crippen LogP contribution in [-0.2, 0) is 9.47 Å². The van der Waals surface area contributed by atoms with Crippen molar-refractivity contribution in [2.24, 2.45) is 0 Å². The van der Waals surface area contributed by atoms with Gasteiger partial charge in [0.2, 0.25) is 0 Å². The maximum absolute atomic E-state index is 11.8. The minimum atomic E-state index is -0.432. The van der Waals surface area contributed by atoms with Crippen molar-refractivity contribution in [1.29, 1.82) is 0 Å². The van der Waals surface area contributed by atoms with Gasteiger partial charge in [0.05, 0.1) is 29.7 Å². The molecule has 20 heavy (non-hydrogen) atoms. The van der Waals surface area contributed by atoms with Gasteiger partial charge in [0.15, 0.2) is 0 Å². The third-order valence-electron chi connectivity index (χ3n) is 3.37. The van der Waals surface area contributed by atoms with Crippen LogP contribution in [0.5, 0.6) is 0 Å². The van der Waals surface area contributed by atoms with Gasteiger partial charge in [-0.15, -0.1) is 0 Å². The Morgan fingerprint density at radius 2 is 2.45 bits per heavy atom. The quantitative estimate of drug-likeness (QED) is 0.800. The highest BCUT2D eigenvalue weighted by Gasteiger charge is 2.29. The van der Waals surface area contributed by atoms with Crippen LogP contribution in [-0.4, -0.2) is 36.3 Å². The molecule has 0 spiro atoms. The summed E-state index contributed by atoms with van der Waals surface area (Å²) in [5.41, 5.74) is 6.23. The predicted molar refractivity (Wildman–Crippen MR) is 76.7 cm³/mol. The summed E-state index contributed by atoms with van der Waals surface area (Å²) in [7, 11) is 0. The smallest absolute Gasteiger partial charge is 0.340 e. The second-order valence-corrected chi connectivity index (χ2v) is 5.13. The van der Waals surface area contributed by atoms with E-state index in [0.717, 1.165) is 19.4 Å². The van der Waals surface area contributed by atoms with Crippen LogP contribution in [0.25, 0.3) is 0 Å². The number of nitrogens with zero attached hydrogens (tertiary/aromatic N) is 1. The van der Waals surface area contributed by atoms with E-state index in [1.54, 1.807) is 13.0 Å². The first-order valence-corrected chi connectivity index (χ1v) is 6.84. The van der Waals surface area contributed by atoms with Crippen LogP contribution < -0.4 is 11.1 Å². The van der Waals surface area contributed by atoms with Gasteiger partial charge in [-0.1, -0.05) is 0 Å². The molecule has 1 atom stereocenters. The number of aromatic nitrogens is 1. The largest absolute Gasteiger partial charge is 0.462 e. The van der Waals surface area contributed by atoms with Gasteiger partial charge in [-0.25, -0.2) is 9.78 Å².